The van der Waals surface area contributed by atoms with Crippen molar-refractivity contribution >= 4 is 57.0 Å². The van der Waals surface area contributed by atoms with Gasteiger partial charge in [0.1, 0.15) is 0 Å². The molecule has 70 heavy (non-hydrogen) atoms. The monoisotopic (exact) mass is 987 g/mol. The van der Waals surface area contributed by atoms with E-state index in [1.54, 1.807) is 0 Å². The molecule has 2 aliphatic rings. The molecule has 4 aromatic rings. The minimum Gasteiger partial charge on any atom is -0.307 e. The van der Waals surface area contributed by atoms with Gasteiger partial charge in [-0.1, -0.05) is 220 Å². The first-order chi connectivity index (χ1) is 34.3. The average Bonchev–Trinajstić information content (AvgIpc) is 4.17. The highest BCUT2D eigenvalue weighted by molar-refractivity contribution is 7.14. The minimum absolute atomic E-state index is 0.0111. The topological polar surface area (TPSA) is 40.6 Å². The fourth-order valence-corrected chi connectivity index (χ4v) is 13.0. The molecule has 0 N–H and O–H groups in total. The molecule has 4 heterocycles. The van der Waals surface area contributed by atoms with Gasteiger partial charge in [0, 0.05) is 34.0 Å². The number of nitrogens with zero attached hydrogens (tertiary/aromatic N) is 2. The number of amides is 2. The molecule has 0 spiro atoms. The molecule has 6 rings (SSSR count). The summed E-state index contributed by atoms with van der Waals surface area (Å²) in [6, 6.07) is 18.1. The lowest BCUT2D eigenvalue weighted by Crippen LogP contribution is -2.34. The van der Waals surface area contributed by atoms with Gasteiger partial charge in [-0.05, 0) is 108 Å². The molecule has 0 bridgehead atoms. The number of aryl methyl sites for hydroxylation is 2. The largest absolute Gasteiger partial charge is 0.307 e. The van der Waals surface area contributed by atoms with E-state index in [1.165, 1.54) is 160 Å². The lowest BCUT2D eigenvalue weighted by atomic mass is 9.94. The molecular weight excluding hydrogens is 893 g/mol. The van der Waals surface area contributed by atoms with Crippen LogP contribution in [-0.4, -0.2) is 24.9 Å². The molecule has 2 aliphatic heterocycles. The van der Waals surface area contributed by atoms with E-state index in [4.69, 9.17) is 0 Å². The summed E-state index contributed by atoms with van der Waals surface area (Å²) in [7, 11) is 0. The summed E-state index contributed by atoms with van der Waals surface area (Å²) in [4.78, 5) is 37.2. The summed E-state index contributed by atoms with van der Waals surface area (Å²) in [5.41, 5.74) is 10.1. The molecule has 0 fully saturated rings. The summed E-state index contributed by atoms with van der Waals surface area (Å²) in [6.45, 7) is 15.0. The number of hydrogen-bond donors (Lipinski definition) is 0. The van der Waals surface area contributed by atoms with E-state index >= 15 is 9.59 Å². The summed E-state index contributed by atoms with van der Waals surface area (Å²) in [6.07, 6.45) is 38.2. The molecule has 384 valence electrons. The quantitative estimate of drug-likeness (QED) is 0.0337. The lowest BCUT2D eigenvalue weighted by Gasteiger charge is -2.24. The van der Waals surface area contributed by atoms with Crippen LogP contribution in [0.1, 0.15) is 244 Å². The van der Waals surface area contributed by atoms with Crippen LogP contribution in [0.15, 0.2) is 59.3 Å². The number of fused-ring (bicyclic) bond motifs is 2. The van der Waals surface area contributed by atoms with Gasteiger partial charge in [-0.2, -0.15) is 0 Å². The molecule has 0 radical (unpaired) electrons. The van der Waals surface area contributed by atoms with Gasteiger partial charge in [0.25, 0.3) is 11.8 Å². The standard InChI is InChI=1S/C64H94N2O2S2/c1-7-13-17-19-21-23-25-27-29-31-35-51-41-59(69-47-51)53-37-39-55-57(43-53)65(45-49(11-5)33-15-9-3)63(67)61(55)62-56-40-38-54(44-58(56)66(64(62)68)46-50(12-6)34-16-10-4)60-42-52(48-70-60)36-32-30-28-26-24-22-20-18-14-8-2/h37-44,47-50H,7-36,45-46H2,1-6H3. The first-order valence-corrected chi connectivity index (χ1v) is 30.9. The normalized spacial score (nSPS) is 15.4. The van der Waals surface area contributed by atoms with Crippen LogP contribution in [0, 0.1) is 11.8 Å². The van der Waals surface area contributed by atoms with Crippen LogP contribution < -0.4 is 9.80 Å². The minimum atomic E-state index is -0.0111. The zero-order chi connectivity index (χ0) is 49.5. The highest BCUT2D eigenvalue weighted by Crippen LogP contribution is 2.50. The van der Waals surface area contributed by atoms with Crippen molar-refractivity contribution in [3.05, 3.63) is 81.5 Å². The molecule has 6 heteroatoms. The summed E-state index contributed by atoms with van der Waals surface area (Å²) in [5.74, 6) is 0.773. The van der Waals surface area contributed by atoms with E-state index in [9.17, 15) is 0 Å². The Balaban J connectivity index is 1.25. The van der Waals surface area contributed by atoms with Gasteiger partial charge in [-0.3, -0.25) is 9.59 Å². The van der Waals surface area contributed by atoms with Crippen molar-refractivity contribution in [1.82, 2.24) is 0 Å². The SMILES string of the molecule is CCCCCCCCCCCCc1csc(-c2ccc3c(c2)N(CC(CC)CCCC)C(=O)C3=C2C(=O)N(CC(CC)CCCC)c3cc(-c4cc(CCCCCCCCCCCC)cs4)ccc32)c1. The number of rotatable bonds is 36. The number of carbonyl (C=O) groups is 2. The zero-order valence-electron chi connectivity index (χ0n) is 45.1. The fourth-order valence-electron chi connectivity index (χ4n) is 11.1. The van der Waals surface area contributed by atoms with Crippen molar-refractivity contribution in [1.29, 1.82) is 0 Å². The third kappa shape index (κ3) is 15.8. The lowest BCUT2D eigenvalue weighted by molar-refractivity contribution is -0.114. The van der Waals surface area contributed by atoms with Crippen molar-refractivity contribution in [2.45, 2.75) is 234 Å². The average molecular weight is 988 g/mol. The van der Waals surface area contributed by atoms with Crippen molar-refractivity contribution in [3.63, 3.8) is 0 Å². The molecule has 2 atom stereocenters. The number of anilines is 2. The second-order valence-electron chi connectivity index (χ2n) is 21.4. The Morgan fingerprint density at radius 1 is 0.414 bits per heavy atom. The van der Waals surface area contributed by atoms with Crippen molar-refractivity contribution in [2.24, 2.45) is 11.8 Å². The van der Waals surface area contributed by atoms with Crippen LogP contribution in [0.3, 0.4) is 0 Å². The molecular formula is C64H94N2O2S2. The van der Waals surface area contributed by atoms with Gasteiger partial charge in [-0.15, -0.1) is 22.7 Å². The second-order valence-corrected chi connectivity index (χ2v) is 23.2. The van der Waals surface area contributed by atoms with Gasteiger partial charge in [0.2, 0.25) is 0 Å². The third-order valence-corrected chi connectivity index (χ3v) is 17.8. The molecule has 0 saturated carbocycles. The Morgan fingerprint density at radius 2 is 0.757 bits per heavy atom. The number of carbonyl (C=O) groups excluding carboxylic acids is 2. The first kappa shape index (κ1) is 55.8. The van der Waals surface area contributed by atoms with Crippen molar-refractivity contribution < 1.29 is 9.59 Å². The molecule has 0 aliphatic carbocycles. The Hall–Kier alpha value is -3.48. The van der Waals surface area contributed by atoms with E-state index in [0.717, 1.165) is 86.7 Å². The highest BCUT2D eigenvalue weighted by Gasteiger charge is 2.43. The Morgan fingerprint density at radius 3 is 1.10 bits per heavy atom. The maximum Gasteiger partial charge on any atom is 0.259 e. The molecule has 4 nitrogen and oxygen atoms in total. The van der Waals surface area contributed by atoms with E-state index in [2.05, 4.69) is 111 Å². The fraction of sp³-hybridized carbons (Fsp3) is 0.625. The predicted octanol–water partition coefficient (Wildman–Crippen LogP) is 20.1. The van der Waals surface area contributed by atoms with Gasteiger partial charge < -0.3 is 9.80 Å². The van der Waals surface area contributed by atoms with Crippen LogP contribution in [0.4, 0.5) is 11.4 Å². The van der Waals surface area contributed by atoms with Crippen LogP contribution in [0.2, 0.25) is 0 Å². The van der Waals surface area contributed by atoms with Gasteiger partial charge in [0.05, 0.1) is 22.5 Å². The summed E-state index contributed by atoms with van der Waals surface area (Å²) in [5, 5.41) is 4.70. The zero-order valence-corrected chi connectivity index (χ0v) is 46.7. The van der Waals surface area contributed by atoms with Crippen LogP contribution in [-0.2, 0) is 22.4 Å². The molecule has 2 amide bonds. The molecule has 0 saturated heterocycles. The van der Waals surface area contributed by atoms with Crippen molar-refractivity contribution in [2.75, 3.05) is 22.9 Å². The summed E-state index contributed by atoms with van der Waals surface area (Å²) >= 11 is 3.65. The second kappa shape index (κ2) is 30.5. The van der Waals surface area contributed by atoms with Gasteiger partial charge in [-0.25, -0.2) is 0 Å². The maximum atomic E-state index is 15.3. The van der Waals surface area contributed by atoms with E-state index < -0.39 is 0 Å². The molecule has 2 aromatic heterocycles. The molecule has 2 unspecified atom stereocenters. The van der Waals surface area contributed by atoms with E-state index in [-0.39, 0.29) is 11.8 Å². The van der Waals surface area contributed by atoms with Crippen LogP contribution in [0.5, 0.6) is 0 Å². The number of hydrogen-bond acceptors (Lipinski definition) is 4. The van der Waals surface area contributed by atoms with Crippen LogP contribution in [0.25, 0.3) is 32.0 Å². The predicted molar refractivity (Wildman–Crippen MR) is 309 cm³/mol. The van der Waals surface area contributed by atoms with Gasteiger partial charge in [0.15, 0.2) is 0 Å². The Labute approximate surface area is 435 Å². The highest BCUT2D eigenvalue weighted by atomic mass is 32.1. The third-order valence-electron chi connectivity index (χ3n) is 15.8. The van der Waals surface area contributed by atoms with E-state index in [1.807, 2.05) is 22.7 Å². The number of thiophene rings is 2. The number of benzene rings is 2. The van der Waals surface area contributed by atoms with Crippen molar-refractivity contribution in [3.8, 4) is 20.9 Å². The summed E-state index contributed by atoms with van der Waals surface area (Å²) < 4.78 is 0. The number of unbranched alkanes of at least 4 members (excludes halogenated alkanes) is 20. The molecule has 2 aromatic carbocycles. The van der Waals surface area contributed by atoms with Gasteiger partial charge >= 0.3 is 0 Å². The van der Waals surface area contributed by atoms with E-state index in [0.29, 0.717) is 36.1 Å². The Bertz CT molecular complexity index is 2060. The first-order valence-electron chi connectivity index (χ1n) is 29.2. The van der Waals surface area contributed by atoms with Crippen LogP contribution >= 0.6 is 22.7 Å². The smallest absolute Gasteiger partial charge is 0.259 e. The Kier molecular flexibility index (Phi) is 24.3. The maximum absolute atomic E-state index is 15.3.